The van der Waals surface area contributed by atoms with E-state index >= 15 is 0 Å². The Morgan fingerprint density at radius 1 is 1.15 bits per heavy atom. The third kappa shape index (κ3) is 9.14. The third-order valence-electron chi connectivity index (χ3n) is 3.12. The molecule has 0 aromatic heterocycles. The summed E-state index contributed by atoms with van der Waals surface area (Å²) < 4.78 is 26.4. The fourth-order valence-electron chi connectivity index (χ4n) is 2.04. The molecule has 1 aromatic carbocycles. The lowest BCUT2D eigenvalue weighted by atomic mass is 10.2. The first kappa shape index (κ1) is 24.3. The first-order valence-corrected chi connectivity index (χ1v) is 9.62. The maximum atomic E-state index is 12.0. The monoisotopic (exact) mass is 406 g/mol. The molecule has 0 unspecified atom stereocenters. The van der Waals surface area contributed by atoms with E-state index in [-0.39, 0.29) is 61.1 Å². The molecule has 1 rings (SSSR count). The van der Waals surface area contributed by atoms with Gasteiger partial charge >= 0.3 is 0 Å². The van der Waals surface area contributed by atoms with Gasteiger partial charge in [0.15, 0.2) is 0 Å². The number of sulfonamides is 1. The molecule has 0 radical (unpaired) electrons. The number of halogens is 1. The summed E-state index contributed by atoms with van der Waals surface area (Å²) in [7, 11) is -3.65. The second-order valence-corrected chi connectivity index (χ2v) is 7.61. The fourth-order valence-corrected chi connectivity index (χ4v) is 3.14. The highest BCUT2D eigenvalue weighted by Gasteiger charge is 2.14. The van der Waals surface area contributed by atoms with Crippen molar-refractivity contribution in [3.63, 3.8) is 0 Å². The minimum absolute atomic E-state index is 0. The summed E-state index contributed by atoms with van der Waals surface area (Å²) in [6, 6.07) is 6.03. The van der Waals surface area contributed by atoms with Gasteiger partial charge in [0.2, 0.25) is 21.8 Å². The lowest BCUT2D eigenvalue weighted by Gasteiger charge is -2.10. The Bertz CT molecular complexity index is 695. The molecule has 0 fully saturated rings. The van der Waals surface area contributed by atoms with Crippen molar-refractivity contribution in [1.82, 2.24) is 10.0 Å². The van der Waals surface area contributed by atoms with Crippen LogP contribution in [0.4, 0.5) is 5.69 Å². The van der Waals surface area contributed by atoms with Crippen LogP contribution in [0, 0.1) is 0 Å². The Morgan fingerprint density at radius 2 is 1.81 bits per heavy atom. The van der Waals surface area contributed by atoms with Gasteiger partial charge in [0.05, 0.1) is 4.90 Å². The molecule has 5 N–H and O–H groups in total. The summed E-state index contributed by atoms with van der Waals surface area (Å²) in [5, 5.41) is 5.39. The van der Waals surface area contributed by atoms with E-state index in [4.69, 9.17) is 5.73 Å². The number of nitrogens with one attached hydrogen (secondary N) is 3. The summed E-state index contributed by atoms with van der Waals surface area (Å²) >= 11 is 0. The molecule has 0 aliphatic heterocycles. The second-order valence-electron chi connectivity index (χ2n) is 5.84. The molecule has 0 heterocycles. The highest BCUT2D eigenvalue weighted by molar-refractivity contribution is 7.89. The zero-order valence-electron chi connectivity index (χ0n) is 14.9. The first-order chi connectivity index (χ1) is 11.7. The van der Waals surface area contributed by atoms with Gasteiger partial charge in [-0.2, -0.15) is 0 Å². The van der Waals surface area contributed by atoms with Gasteiger partial charge < -0.3 is 16.4 Å². The quantitative estimate of drug-likeness (QED) is 0.460. The van der Waals surface area contributed by atoms with Crippen molar-refractivity contribution in [2.24, 2.45) is 5.73 Å². The van der Waals surface area contributed by atoms with Gasteiger partial charge in [-0.1, -0.05) is 6.07 Å². The van der Waals surface area contributed by atoms with E-state index in [1.807, 2.05) is 13.8 Å². The van der Waals surface area contributed by atoms with Crippen molar-refractivity contribution in [3.05, 3.63) is 24.3 Å². The van der Waals surface area contributed by atoms with Crippen molar-refractivity contribution < 1.29 is 18.0 Å². The molecule has 1 aromatic rings. The SMILES string of the molecule is CC(C)NC(=O)CCCC(=O)Nc1cccc(S(=O)(=O)NCCN)c1.Cl. The third-order valence-corrected chi connectivity index (χ3v) is 4.58. The Hall–Kier alpha value is -1.68. The van der Waals surface area contributed by atoms with Gasteiger partial charge in [0.1, 0.15) is 0 Å². The van der Waals surface area contributed by atoms with Crippen LogP contribution in [0.5, 0.6) is 0 Å². The van der Waals surface area contributed by atoms with Gasteiger partial charge in [0, 0.05) is 37.7 Å². The van der Waals surface area contributed by atoms with Crippen molar-refractivity contribution >= 4 is 39.9 Å². The predicted molar refractivity (Wildman–Crippen MR) is 104 cm³/mol. The highest BCUT2D eigenvalue weighted by Crippen LogP contribution is 2.15. The smallest absolute Gasteiger partial charge is 0.240 e. The maximum absolute atomic E-state index is 12.0. The molecule has 148 valence electrons. The number of carbonyl (C=O) groups is 2. The van der Waals surface area contributed by atoms with Crippen molar-refractivity contribution in [3.8, 4) is 0 Å². The minimum Gasteiger partial charge on any atom is -0.354 e. The average Bonchev–Trinajstić information content (AvgIpc) is 2.52. The Balaban J connectivity index is 0.00000625. The molecule has 0 spiro atoms. The number of rotatable bonds is 10. The van der Waals surface area contributed by atoms with Gasteiger partial charge in [-0.05, 0) is 38.5 Å². The van der Waals surface area contributed by atoms with E-state index in [0.717, 1.165) is 0 Å². The van der Waals surface area contributed by atoms with E-state index in [1.165, 1.54) is 12.1 Å². The van der Waals surface area contributed by atoms with E-state index < -0.39 is 10.0 Å². The summed E-state index contributed by atoms with van der Waals surface area (Å²) in [4.78, 5) is 23.5. The minimum atomic E-state index is -3.65. The second kappa shape index (κ2) is 11.8. The summed E-state index contributed by atoms with van der Waals surface area (Å²) in [6.45, 7) is 4.07. The molecule has 8 nitrogen and oxygen atoms in total. The van der Waals surface area contributed by atoms with Crippen molar-refractivity contribution in [2.45, 2.75) is 44.0 Å². The predicted octanol–water partition coefficient (Wildman–Crippen LogP) is 0.979. The van der Waals surface area contributed by atoms with Crippen LogP contribution in [0.25, 0.3) is 0 Å². The van der Waals surface area contributed by atoms with Crippen molar-refractivity contribution in [1.29, 1.82) is 0 Å². The molecule has 0 saturated heterocycles. The van der Waals surface area contributed by atoms with E-state index in [2.05, 4.69) is 15.4 Å². The molecule has 26 heavy (non-hydrogen) atoms. The number of benzene rings is 1. The molecule has 2 amide bonds. The number of anilines is 1. The standard InChI is InChI=1S/C16H26N4O4S.ClH/c1-12(2)19-15(21)7-4-8-16(22)20-13-5-3-6-14(11-13)25(23,24)18-10-9-17;/h3,5-6,11-12,18H,4,7-10,17H2,1-2H3,(H,19,21)(H,20,22);1H. The van der Waals surface area contributed by atoms with E-state index in [1.54, 1.807) is 12.1 Å². The largest absolute Gasteiger partial charge is 0.354 e. The molecular weight excluding hydrogens is 380 g/mol. The number of hydrogen-bond donors (Lipinski definition) is 4. The maximum Gasteiger partial charge on any atom is 0.240 e. The van der Waals surface area contributed by atoms with Crippen LogP contribution < -0.4 is 21.1 Å². The van der Waals surface area contributed by atoms with Crippen LogP contribution in [-0.4, -0.2) is 39.4 Å². The number of hydrogen-bond acceptors (Lipinski definition) is 5. The van der Waals surface area contributed by atoms with Crippen LogP contribution in [0.15, 0.2) is 29.2 Å². The highest BCUT2D eigenvalue weighted by atomic mass is 35.5. The lowest BCUT2D eigenvalue weighted by Crippen LogP contribution is -2.30. The number of carbonyl (C=O) groups excluding carboxylic acids is 2. The van der Waals surface area contributed by atoms with Crippen LogP contribution in [0.1, 0.15) is 33.1 Å². The van der Waals surface area contributed by atoms with Crippen LogP contribution >= 0.6 is 12.4 Å². The van der Waals surface area contributed by atoms with E-state index in [9.17, 15) is 18.0 Å². The lowest BCUT2D eigenvalue weighted by molar-refractivity contribution is -0.121. The summed E-state index contributed by atoms with van der Waals surface area (Å²) in [6.07, 6.45) is 0.859. The van der Waals surface area contributed by atoms with Gasteiger partial charge in [-0.15, -0.1) is 12.4 Å². The van der Waals surface area contributed by atoms with Crippen LogP contribution in [0.2, 0.25) is 0 Å². The number of amides is 2. The van der Waals surface area contributed by atoms with Gasteiger partial charge in [0.25, 0.3) is 0 Å². The van der Waals surface area contributed by atoms with E-state index in [0.29, 0.717) is 12.1 Å². The first-order valence-electron chi connectivity index (χ1n) is 8.13. The zero-order chi connectivity index (χ0) is 18.9. The van der Waals surface area contributed by atoms with Crippen LogP contribution in [0.3, 0.4) is 0 Å². The van der Waals surface area contributed by atoms with Crippen LogP contribution in [-0.2, 0) is 19.6 Å². The average molecular weight is 407 g/mol. The zero-order valence-corrected chi connectivity index (χ0v) is 16.6. The molecule has 0 aliphatic rings. The number of nitrogens with two attached hydrogens (primary N) is 1. The molecule has 0 saturated carbocycles. The Morgan fingerprint density at radius 3 is 2.42 bits per heavy atom. The molecule has 0 atom stereocenters. The molecule has 10 heteroatoms. The summed E-state index contributed by atoms with van der Waals surface area (Å²) in [5.74, 6) is -0.372. The summed E-state index contributed by atoms with van der Waals surface area (Å²) in [5.41, 5.74) is 5.67. The van der Waals surface area contributed by atoms with Gasteiger partial charge in [-0.25, -0.2) is 13.1 Å². The Labute approximate surface area is 160 Å². The molecule has 0 aliphatic carbocycles. The molecule has 0 bridgehead atoms. The van der Waals surface area contributed by atoms with Gasteiger partial charge in [-0.3, -0.25) is 9.59 Å². The Kier molecular flexibility index (Phi) is 11.1. The fraction of sp³-hybridized carbons (Fsp3) is 0.500. The normalized spacial score (nSPS) is 10.9. The topological polar surface area (TPSA) is 130 Å². The van der Waals surface area contributed by atoms with Crippen molar-refractivity contribution in [2.75, 3.05) is 18.4 Å². The molecular formula is C16H27ClN4O4S.